The smallest absolute Gasteiger partial charge is 0.106 e. The third-order valence-electron chi connectivity index (χ3n) is 1.33. The highest BCUT2D eigenvalue weighted by atomic mass is 79.9. The normalized spacial score (nSPS) is 8.69. The molecular formula is C10H13BrO2. The molecule has 0 spiro atoms. The summed E-state index contributed by atoms with van der Waals surface area (Å²) in [6.07, 6.45) is 0. The SMILES string of the molecule is BrCCOCc1ccccc1.C=O. The molecule has 2 nitrogen and oxygen atoms in total. The second kappa shape index (κ2) is 9.42. The van der Waals surface area contributed by atoms with Gasteiger partial charge in [-0.05, 0) is 5.56 Å². The number of alkyl halides is 1. The zero-order valence-corrected chi connectivity index (χ0v) is 9.00. The third kappa shape index (κ3) is 6.49. The molecule has 0 saturated heterocycles. The van der Waals surface area contributed by atoms with Crippen LogP contribution >= 0.6 is 15.9 Å². The minimum absolute atomic E-state index is 0.715. The van der Waals surface area contributed by atoms with E-state index in [1.165, 1.54) is 5.56 Å². The van der Waals surface area contributed by atoms with Crippen molar-refractivity contribution < 1.29 is 9.53 Å². The molecular weight excluding hydrogens is 232 g/mol. The molecule has 0 aromatic heterocycles. The van der Waals surface area contributed by atoms with E-state index in [2.05, 4.69) is 28.1 Å². The fourth-order valence-electron chi connectivity index (χ4n) is 0.819. The van der Waals surface area contributed by atoms with Gasteiger partial charge in [-0.25, -0.2) is 0 Å². The summed E-state index contributed by atoms with van der Waals surface area (Å²) in [7, 11) is 0. The second-order valence-corrected chi connectivity index (χ2v) is 3.02. The molecule has 72 valence electrons. The Balaban J connectivity index is 0.000000671. The Morgan fingerprint density at radius 1 is 1.23 bits per heavy atom. The highest BCUT2D eigenvalue weighted by Gasteiger charge is 1.88. The number of ether oxygens (including phenoxy) is 1. The van der Waals surface area contributed by atoms with Gasteiger partial charge >= 0.3 is 0 Å². The molecule has 1 rings (SSSR count). The summed E-state index contributed by atoms with van der Waals surface area (Å²) in [5, 5.41) is 0.903. The molecule has 0 N–H and O–H groups in total. The van der Waals surface area contributed by atoms with Crippen molar-refractivity contribution in [1.82, 2.24) is 0 Å². The fraction of sp³-hybridized carbons (Fsp3) is 0.300. The van der Waals surface area contributed by atoms with Crippen molar-refractivity contribution >= 4 is 22.7 Å². The summed E-state index contributed by atoms with van der Waals surface area (Å²) in [5.74, 6) is 0. The van der Waals surface area contributed by atoms with E-state index in [4.69, 9.17) is 9.53 Å². The Hall–Kier alpha value is -0.670. The van der Waals surface area contributed by atoms with Gasteiger partial charge in [0.05, 0.1) is 13.2 Å². The summed E-state index contributed by atoms with van der Waals surface area (Å²) < 4.78 is 5.32. The number of hydrogen-bond donors (Lipinski definition) is 0. The number of halogens is 1. The molecule has 13 heavy (non-hydrogen) atoms. The summed E-state index contributed by atoms with van der Waals surface area (Å²) in [6, 6.07) is 10.2. The average molecular weight is 245 g/mol. The lowest BCUT2D eigenvalue weighted by Gasteiger charge is -2.00. The van der Waals surface area contributed by atoms with E-state index < -0.39 is 0 Å². The highest BCUT2D eigenvalue weighted by molar-refractivity contribution is 9.09. The van der Waals surface area contributed by atoms with Crippen LogP contribution in [0.2, 0.25) is 0 Å². The predicted molar refractivity (Wildman–Crippen MR) is 57.0 cm³/mol. The Morgan fingerprint density at radius 2 is 1.85 bits per heavy atom. The molecule has 0 unspecified atom stereocenters. The maximum Gasteiger partial charge on any atom is 0.106 e. The van der Waals surface area contributed by atoms with Gasteiger partial charge in [0.1, 0.15) is 6.79 Å². The van der Waals surface area contributed by atoms with E-state index in [1.807, 2.05) is 25.0 Å². The third-order valence-corrected chi connectivity index (χ3v) is 1.66. The first kappa shape index (κ1) is 12.3. The molecule has 0 bridgehead atoms. The minimum Gasteiger partial charge on any atom is -0.376 e. The molecule has 0 radical (unpaired) electrons. The van der Waals surface area contributed by atoms with E-state index in [-0.39, 0.29) is 0 Å². The molecule has 0 aliphatic rings. The van der Waals surface area contributed by atoms with Gasteiger partial charge in [0.15, 0.2) is 0 Å². The Bertz CT molecular complexity index is 201. The topological polar surface area (TPSA) is 26.3 Å². The minimum atomic E-state index is 0.715. The second-order valence-electron chi connectivity index (χ2n) is 2.23. The number of hydrogen-bond acceptors (Lipinski definition) is 2. The maximum absolute atomic E-state index is 8.00. The van der Waals surface area contributed by atoms with Crippen LogP contribution in [0.5, 0.6) is 0 Å². The summed E-state index contributed by atoms with van der Waals surface area (Å²) in [4.78, 5) is 8.00. The molecule has 0 saturated carbocycles. The number of carbonyl (C=O) groups excluding carboxylic acids is 1. The molecule has 3 heteroatoms. The zero-order valence-electron chi connectivity index (χ0n) is 7.41. The maximum atomic E-state index is 8.00. The van der Waals surface area contributed by atoms with Gasteiger partial charge in [-0.3, -0.25) is 0 Å². The van der Waals surface area contributed by atoms with Crippen molar-refractivity contribution in [2.75, 3.05) is 11.9 Å². The van der Waals surface area contributed by atoms with E-state index in [9.17, 15) is 0 Å². The van der Waals surface area contributed by atoms with E-state index in [0.717, 1.165) is 11.9 Å². The van der Waals surface area contributed by atoms with Crippen LogP contribution in [0.25, 0.3) is 0 Å². The lowest BCUT2D eigenvalue weighted by atomic mass is 10.2. The molecule has 0 aliphatic carbocycles. The van der Waals surface area contributed by atoms with Crippen LogP contribution in [0, 0.1) is 0 Å². The molecule has 1 aromatic rings. The predicted octanol–water partition coefficient (Wildman–Crippen LogP) is 2.41. The summed E-state index contributed by atoms with van der Waals surface area (Å²) >= 11 is 3.30. The molecule has 0 heterocycles. The zero-order chi connectivity index (χ0) is 9.94. The molecule has 0 fully saturated rings. The van der Waals surface area contributed by atoms with Crippen molar-refractivity contribution in [3.05, 3.63) is 35.9 Å². The number of benzene rings is 1. The monoisotopic (exact) mass is 244 g/mol. The molecule has 0 atom stereocenters. The van der Waals surface area contributed by atoms with E-state index in [0.29, 0.717) is 6.61 Å². The van der Waals surface area contributed by atoms with Crippen LogP contribution in [0.1, 0.15) is 5.56 Å². The van der Waals surface area contributed by atoms with Crippen LogP contribution in [0.3, 0.4) is 0 Å². The van der Waals surface area contributed by atoms with Gasteiger partial charge < -0.3 is 9.53 Å². The summed E-state index contributed by atoms with van der Waals surface area (Å²) in [5.41, 5.74) is 1.23. The van der Waals surface area contributed by atoms with Crippen LogP contribution in [-0.2, 0) is 16.1 Å². The molecule has 0 aliphatic heterocycles. The van der Waals surface area contributed by atoms with Gasteiger partial charge in [0, 0.05) is 5.33 Å². The first-order valence-electron chi connectivity index (χ1n) is 3.90. The number of rotatable bonds is 4. The van der Waals surface area contributed by atoms with Gasteiger partial charge in [0.25, 0.3) is 0 Å². The van der Waals surface area contributed by atoms with Crippen molar-refractivity contribution in [3.63, 3.8) is 0 Å². The first-order chi connectivity index (χ1) is 6.43. The highest BCUT2D eigenvalue weighted by Crippen LogP contribution is 2.00. The van der Waals surface area contributed by atoms with Gasteiger partial charge in [-0.1, -0.05) is 46.3 Å². The fourth-order valence-corrected chi connectivity index (χ4v) is 1.05. The molecule has 0 amide bonds. The summed E-state index contributed by atoms with van der Waals surface area (Å²) in [6.45, 7) is 3.49. The van der Waals surface area contributed by atoms with Crippen LogP contribution in [-0.4, -0.2) is 18.7 Å². The van der Waals surface area contributed by atoms with Crippen molar-refractivity contribution in [1.29, 1.82) is 0 Å². The van der Waals surface area contributed by atoms with Crippen LogP contribution in [0.15, 0.2) is 30.3 Å². The Morgan fingerprint density at radius 3 is 2.38 bits per heavy atom. The van der Waals surface area contributed by atoms with Crippen molar-refractivity contribution in [2.24, 2.45) is 0 Å². The quantitative estimate of drug-likeness (QED) is 0.601. The van der Waals surface area contributed by atoms with E-state index >= 15 is 0 Å². The van der Waals surface area contributed by atoms with Gasteiger partial charge in [-0.15, -0.1) is 0 Å². The van der Waals surface area contributed by atoms with Crippen molar-refractivity contribution in [2.45, 2.75) is 6.61 Å². The van der Waals surface area contributed by atoms with Crippen LogP contribution in [0.4, 0.5) is 0 Å². The lowest BCUT2D eigenvalue weighted by molar-refractivity contribution is -0.0979. The average Bonchev–Trinajstić information content (AvgIpc) is 2.23. The number of carbonyl (C=O) groups is 1. The van der Waals surface area contributed by atoms with Crippen molar-refractivity contribution in [3.8, 4) is 0 Å². The largest absolute Gasteiger partial charge is 0.376 e. The van der Waals surface area contributed by atoms with Crippen LogP contribution < -0.4 is 0 Å². The first-order valence-corrected chi connectivity index (χ1v) is 5.02. The van der Waals surface area contributed by atoms with Gasteiger partial charge in [-0.2, -0.15) is 0 Å². The molecule has 1 aromatic carbocycles. The Kier molecular flexibility index (Phi) is 8.93. The standard InChI is InChI=1S/C9H11BrO.CH2O/c10-6-7-11-8-9-4-2-1-3-5-9;1-2/h1-5H,6-8H2;1H2. The Labute approximate surface area is 87.0 Å². The van der Waals surface area contributed by atoms with E-state index in [1.54, 1.807) is 0 Å². The lowest BCUT2D eigenvalue weighted by Crippen LogP contribution is -1.95. The van der Waals surface area contributed by atoms with Gasteiger partial charge in [0.2, 0.25) is 0 Å².